The molecule has 1 fully saturated rings. The molecule has 9 nitrogen and oxygen atoms in total. The van der Waals surface area contributed by atoms with E-state index in [9.17, 15) is 14.7 Å². The van der Waals surface area contributed by atoms with Crippen molar-refractivity contribution in [3.8, 4) is 0 Å². The summed E-state index contributed by atoms with van der Waals surface area (Å²) in [7, 11) is 0. The van der Waals surface area contributed by atoms with Gasteiger partial charge in [-0.15, -0.1) is 11.3 Å². The van der Waals surface area contributed by atoms with Crippen LogP contribution in [-0.2, 0) is 25.7 Å². The number of benzene rings is 3. The number of thiazole rings is 1. The number of hydrogen-bond donors (Lipinski definition) is 4. The Hall–Kier alpha value is -3.32. The van der Waals surface area contributed by atoms with Gasteiger partial charge in [0.1, 0.15) is 0 Å². The standard InChI is InChI=1S/C33H37N3O6S2/c37-20-22-11-13-23(14-12-22)28-19-26(21-43-33-35-27-7-5-6-8-29(27)44-33)41-32(42-28)24-15-17-25(18-16-24)34-30(38)9-3-1-2-4-10-31(39)36-40/h5-8,11-18,26,28,32,37,40H,1-4,9-10,19-21H2,(H,34,38)(H,36,39)/t26-,28+,32+/m0/s1. The number of ether oxygens (including phenoxy) is 2. The molecule has 0 bridgehead atoms. The summed E-state index contributed by atoms with van der Waals surface area (Å²) in [6.45, 7) is -0.00658. The van der Waals surface area contributed by atoms with E-state index in [2.05, 4.69) is 11.4 Å². The van der Waals surface area contributed by atoms with Crippen LogP contribution in [0.15, 0.2) is 77.1 Å². The zero-order valence-electron chi connectivity index (χ0n) is 24.3. The molecular formula is C33H37N3O6S2. The Morgan fingerprint density at radius 1 is 0.886 bits per heavy atom. The van der Waals surface area contributed by atoms with Crippen LogP contribution in [0, 0.1) is 0 Å². The minimum Gasteiger partial charge on any atom is -0.392 e. The number of hydrogen-bond acceptors (Lipinski definition) is 9. The van der Waals surface area contributed by atoms with Gasteiger partial charge in [-0.3, -0.25) is 14.8 Å². The number of aromatic nitrogens is 1. The molecule has 5 rings (SSSR count). The number of nitrogens with zero attached hydrogens (tertiary/aromatic N) is 1. The summed E-state index contributed by atoms with van der Waals surface area (Å²) in [5.41, 5.74) is 6.08. The number of para-hydroxylation sites is 1. The SMILES string of the molecule is O=C(CCCCCCC(=O)Nc1ccc([C@@H]2O[C@H](CSc3nc4ccccc4s3)C[C@H](c3ccc(CO)cc3)O2)cc1)NO. The van der Waals surface area contributed by atoms with Crippen molar-refractivity contribution in [1.82, 2.24) is 10.5 Å². The number of anilines is 1. The van der Waals surface area contributed by atoms with Crippen molar-refractivity contribution in [2.24, 2.45) is 0 Å². The monoisotopic (exact) mass is 635 g/mol. The maximum atomic E-state index is 12.4. The van der Waals surface area contributed by atoms with E-state index in [1.807, 2.05) is 66.7 Å². The number of aliphatic hydroxyl groups excluding tert-OH is 1. The number of thioether (sulfide) groups is 1. The lowest BCUT2D eigenvalue weighted by Gasteiger charge is -2.36. The summed E-state index contributed by atoms with van der Waals surface area (Å²) in [4.78, 5) is 28.3. The van der Waals surface area contributed by atoms with Crippen molar-refractivity contribution in [3.05, 3.63) is 89.5 Å². The summed E-state index contributed by atoms with van der Waals surface area (Å²) in [5, 5.41) is 21.0. The van der Waals surface area contributed by atoms with Crippen LogP contribution in [0.4, 0.5) is 5.69 Å². The Bertz CT molecular complexity index is 1480. The number of fused-ring (bicyclic) bond motifs is 1. The van der Waals surface area contributed by atoms with E-state index in [1.54, 1.807) is 28.6 Å². The van der Waals surface area contributed by atoms with Gasteiger partial charge in [-0.1, -0.05) is 73.1 Å². The summed E-state index contributed by atoms with van der Waals surface area (Å²) < 4.78 is 15.1. The first kappa shape index (κ1) is 32.1. The average Bonchev–Trinajstić information content (AvgIpc) is 3.48. The van der Waals surface area contributed by atoms with Gasteiger partial charge in [-0.05, 0) is 48.2 Å². The Balaban J connectivity index is 1.18. The highest BCUT2D eigenvalue weighted by molar-refractivity contribution is 8.01. The predicted molar refractivity (Wildman–Crippen MR) is 171 cm³/mol. The molecule has 4 N–H and O–H groups in total. The van der Waals surface area contributed by atoms with E-state index >= 15 is 0 Å². The molecule has 0 unspecified atom stereocenters. The third-order valence-corrected chi connectivity index (χ3v) is 9.74. The van der Waals surface area contributed by atoms with Gasteiger partial charge in [-0.2, -0.15) is 0 Å². The number of unbranched alkanes of at least 4 members (excludes halogenated alkanes) is 3. The Morgan fingerprint density at radius 2 is 1.59 bits per heavy atom. The van der Waals surface area contributed by atoms with Gasteiger partial charge >= 0.3 is 0 Å². The average molecular weight is 636 g/mol. The lowest BCUT2D eigenvalue weighted by molar-refractivity contribution is -0.245. The van der Waals surface area contributed by atoms with Crippen molar-refractivity contribution >= 4 is 50.8 Å². The first-order valence-corrected chi connectivity index (χ1v) is 16.6. The topological polar surface area (TPSA) is 130 Å². The van der Waals surface area contributed by atoms with E-state index in [1.165, 1.54) is 4.70 Å². The normalized spacial score (nSPS) is 18.3. The van der Waals surface area contributed by atoms with Crippen molar-refractivity contribution in [2.45, 2.75) is 74.4 Å². The van der Waals surface area contributed by atoms with Crippen molar-refractivity contribution in [1.29, 1.82) is 0 Å². The van der Waals surface area contributed by atoms with Crippen LogP contribution in [0.25, 0.3) is 10.2 Å². The molecular weight excluding hydrogens is 599 g/mol. The summed E-state index contributed by atoms with van der Waals surface area (Å²) >= 11 is 3.38. The first-order valence-electron chi connectivity index (χ1n) is 14.8. The molecule has 3 aromatic carbocycles. The van der Waals surface area contributed by atoms with Crippen LogP contribution < -0.4 is 10.8 Å². The van der Waals surface area contributed by atoms with Crippen molar-refractivity contribution < 1.29 is 29.4 Å². The highest BCUT2D eigenvalue weighted by Gasteiger charge is 2.32. The molecule has 1 aliphatic rings. The maximum Gasteiger partial charge on any atom is 0.243 e. The molecule has 0 radical (unpaired) electrons. The minimum atomic E-state index is -0.579. The molecule has 232 valence electrons. The quantitative estimate of drug-likeness (QED) is 0.0509. The maximum absolute atomic E-state index is 12.4. The molecule has 1 aliphatic heterocycles. The molecule has 11 heteroatoms. The van der Waals surface area contributed by atoms with Gasteiger partial charge < -0.3 is 19.9 Å². The van der Waals surface area contributed by atoms with Gasteiger partial charge in [0.2, 0.25) is 11.8 Å². The number of aliphatic hydroxyl groups is 1. The fraction of sp³-hybridized carbons (Fsp3) is 0.364. The van der Waals surface area contributed by atoms with Gasteiger partial charge in [0.25, 0.3) is 0 Å². The molecule has 3 atom stereocenters. The van der Waals surface area contributed by atoms with E-state index in [-0.39, 0.29) is 37.0 Å². The third-order valence-electron chi connectivity index (χ3n) is 7.43. The Kier molecular flexibility index (Phi) is 11.8. The number of carbonyl (C=O) groups is 2. The minimum absolute atomic E-state index is 0.00658. The molecule has 44 heavy (non-hydrogen) atoms. The lowest BCUT2D eigenvalue weighted by Crippen LogP contribution is -2.31. The molecule has 0 saturated carbocycles. The highest BCUT2D eigenvalue weighted by atomic mass is 32.2. The fourth-order valence-electron chi connectivity index (χ4n) is 5.03. The summed E-state index contributed by atoms with van der Waals surface area (Å²) in [6, 6.07) is 23.5. The van der Waals surface area contributed by atoms with Crippen LogP contribution in [0.3, 0.4) is 0 Å². The van der Waals surface area contributed by atoms with Crippen LogP contribution in [0.5, 0.6) is 0 Å². The summed E-state index contributed by atoms with van der Waals surface area (Å²) in [6.07, 6.45) is 3.59. The second-order valence-corrected chi connectivity index (χ2v) is 13.0. The van der Waals surface area contributed by atoms with Gasteiger partial charge in [0, 0.05) is 36.3 Å². The molecule has 2 heterocycles. The zero-order valence-corrected chi connectivity index (χ0v) is 25.9. The van der Waals surface area contributed by atoms with E-state index < -0.39 is 6.29 Å². The molecule has 1 saturated heterocycles. The van der Waals surface area contributed by atoms with Gasteiger partial charge in [0.05, 0.1) is 29.0 Å². The fourth-order valence-corrected chi connectivity index (χ4v) is 7.14. The van der Waals surface area contributed by atoms with Crippen molar-refractivity contribution in [2.75, 3.05) is 11.1 Å². The molecule has 4 aromatic rings. The van der Waals surface area contributed by atoms with E-state index in [4.69, 9.17) is 19.7 Å². The van der Waals surface area contributed by atoms with Crippen LogP contribution in [-0.4, -0.2) is 39.0 Å². The van der Waals surface area contributed by atoms with E-state index in [0.29, 0.717) is 24.9 Å². The number of carbonyl (C=O) groups excluding carboxylic acids is 2. The van der Waals surface area contributed by atoms with Crippen LogP contribution >= 0.6 is 23.1 Å². The zero-order chi connectivity index (χ0) is 30.7. The van der Waals surface area contributed by atoms with Crippen LogP contribution in [0.2, 0.25) is 0 Å². The molecule has 1 aromatic heterocycles. The van der Waals surface area contributed by atoms with E-state index in [0.717, 1.165) is 51.6 Å². The number of nitrogens with one attached hydrogen (secondary N) is 2. The van der Waals surface area contributed by atoms with Gasteiger partial charge in [0.15, 0.2) is 10.6 Å². The first-order chi connectivity index (χ1) is 21.5. The number of amides is 2. The highest BCUT2D eigenvalue weighted by Crippen LogP contribution is 2.40. The van der Waals surface area contributed by atoms with Crippen molar-refractivity contribution in [3.63, 3.8) is 0 Å². The Morgan fingerprint density at radius 3 is 2.30 bits per heavy atom. The third kappa shape index (κ3) is 9.10. The number of hydroxylamine groups is 1. The lowest BCUT2D eigenvalue weighted by atomic mass is 10.0. The van der Waals surface area contributed by atoms with Gasteiger partial charge in [-0.25, -0.2) is 10.5 Å². The van der Waals surface area contributed by atoms with Crippen LogP contribution in [0.1, 0.15) is 74.0 Å². The molecule has 2 amide bonds. The summed E-state index contributed by atoms with van der Waals surface area (Å²) in [5.74, 6) is 0.281. The molecule has 0 aliphatic carbocycles. The second kappa shape index (κ2) is 16.1. The second-order valence-electron chi connectivity index (χ2n) is 10.7. The molecule has 0 spiro atoms. The smallest absolute Gasteiger partial charge is 0.243 e. The number of rotatable bonds is 14. The Labute approximate surface area is 265 Å². The predicted octanol–water partition coefficient (Wildman–Crippen LogP) is 6.91. The largest absolute Gasteiger partial charge is 0.392 e.